The molecule has 1 heterocycles. The number of nitrogens with two attached hydrogens (primary N) is 1. The number of hydrogen-bond donors (Lipinski definition) is 4. The summed E-state index contributed by atoms with van der Waals surface area (Å²) in [5.41, 5.74) is 8.02. The van der Waals surface area contributed by atoms with Crippen LogP contribution >= 0.6 is 0 Å². The normalized spacial score (nSPS) is 12.4. The monoisotopic (exact) mass is 490 g/mol. The Labute approximate surface area is 210 Å². The molecule has 3 aromatic rings. The smallest absolute Gasteiger partial charge is 0.242 e. The van der Waals surface area contributed by atoms with Gasteiger partial charge in [-0.15, -0.1) is 0 Å². The Hall–Kier alpha value is -4.14. The van der Waals surface area contributed by atoms with Crippen LogP contribution in [0.25, 0.3) is 0 Å². The maximum atomic E-state index is 12.9. The van der Waals surface area contributed by atoms with Crippen LogP contribution in [0.2, 0.25) is 0 Å². The Balaban J connectivity index is 1.58. The van der Waals surface area contributed by atoms with Crippen molar-refractivity contribution in [1.82, 2.24) is 20.6 Å². The minimum Gasteiger partial charge on any atom is -0.489 e. The van der Waals surface area contributed by atoms with Crippen LogP contribution in [0.3, 0.4) is 0 Å². The highest BCUT2D eigenvalue weighted by molar-refractivity contribution is 5.91. The van der Waals surface area contributed by atoms with E-state index in [0.717, 1.165) is 16.8 Å². The van der Waals surface area contributed by atoms with Crippen LogP contribution in [-0.4, -0.2) is 40.3 Å². The number of carbonyl (C=O) groups excluding carboxylic acids is 3. The van der Waals surface area contributed by atoms with Crippen LogP contribution in [0.4, 0.5) is 0 Å². The van der Waals surface area contributed by atoms with Crippen molar-refractivity contribution in [3.63, 3.8) is 0 Å². The van der Waals surface area contributed by atoms with Gasteiger partial charge in [0.05, 0.1) is 18.4 Å². The van der Waals surface area contributed by atoms with Crippen molar-refractivity contribution in [3.05, 3.63) is 90.4 Å². The number of aromatic nitrogens is 2. The lowest BCUT2D eigenvalue weighted by Gasteiger charge is -2.19. The fraction of sp³-hybridized carbons (Fsp3) is 0.296. The van der Waals surface area contributed by atoms with Gasteiger partial charge in [-0.3, -0.25) is 14.4 Å². The number of benzene rings is 2. The lowest BCUT2D eigenvalue weighted by molar-refractivity contribution is -0.127. The van der Waals surface area contributed by atoms with Gasteiger partial charge in [-0.05, 0) is 29.7 Å². The van der Waals surface area contributed by atoms with E-state index in [2.05, 4.69) is 20.6 Å². The summed E-state index contributed by atoms with van der Waals surface area (Å²) < 4.78 is 5.83. The first-order valence-corrected chi connectivity index (χ1v) is 11.8. The third-order valence-electron chi connectivity index (χ3n) is 5.62. The molecule has 3 rings (SSSR count). The Bertz CT molecular complexity index is 1100. The first kappa shape index (κ1) is 26.5. The second kappa shape index (κ2) is 13.7. The van der Waals surface area contributed by atoms with Gasteiger partial charge < -0.3 is 26.1 Å². The van der Waals surface area contributed by atoms with Crippen molar-refractivity contribution in [2.24, 2.45) is 11.7 Å². The molecule has 2 aromatic carbocycles. The number of imidazole rings is 1. The lowest BCUT2D eigenvalue weighted by Crippen LogP contribution is -2.48. The molecule has 5 N–H and O–H groups in total. The van der Waals surface area contributed by atoms with Gasteiger partial charge in [0, 0.05) is 31.5 Å². The number of amides is 3. The molecular weight excluding hydrogens is 458 g/mol. The third-order valence-corrected chi connectivity index (χ3v) is 5.62. The molecule has 0 aliphatic rings. The van der Waals surface area contributed by atoms with Crippen molar-refractivity contribution < 1.29 is 19.1 Å². The predicted octanol–water partition coefficient (Wildman–Crippen LogP) is 2.09. The number of ether oxygens (including phenoxy) is 1. The van der Waals surface area contributed by atoms with E-state index in [9.17, 15) is 14.4 Å². The molecule has 0 bridgehead atoms. The van der Waals surface area contributed by atoms with Crippen molar-refractivity contribution in [2.45, 2.75) is 38.8 Å². The number of aromatic amines is 1. The molecule has 9 nitrogen and oxygen atoms in total. The summed E-state index contributed by atoms with van der Waals surface area (Å²) in [6.07, 6.45) is 5.74. The van der Waals surface area contributed by atoms with E-state index in [4.69, 9.17) is 10.5 Å². The van der Waals surface area contributed by atoms with E-state index < -0.39 is 23.8 Å². The summed E-state index contributed by atoms with van der Waals surface area (Å²) in [6, 6.07) is 16.5. The summed E-state index contributed by atoms with van der Waals surface area (Å²) in [5.74, 6) is -0.986. The first-order chi connectivity index (χ1) is 17.4. The second-order valence-corrected chi connectivity index (χ2v) is 8.53. The molecule has 0 aliphatic heterocycles. The van der Waals surface area contributed by atoms with Gasteiger partial charge in [-0.1, -0.05) is 49.4 Å². The fourth-order valence-corrected chi connectivity index (χ4v) is 3.40. The van der Waals surface area contributed by atoms with Crippen LogP contribution in [0, 0.1) is 12.3 Å². The zero-order valence-electron chi connectivity index (χ0n) is 20.3. The Morgan fingerprint density at radius 1 is 1.08 bits per heavy atom. The van der Waals surface area contributed by atoms with Gasteiger partial charge in [-0.25, -0.2) is 4.98 Å². The molecule has 1 radical (unpaired) electrons. The van der Waals surface area contributed by atoms with Gasteiger partial charge in [-0.2, -0.15) is 0 Å². The number of carbonyl (C=O) groups is 3. The largest absolute Gasteiger partial charge is 0.489 e. The van der Waals surface area contributed by atoms with E-state index in [1.807, 2.05) is 54.6 Å². The van der Waals surface area contributed by atoms with Gasteiger partial charge in [0.2, 0.25) is 17.7 Å². The Morgan fingerprint density at radius 2 is 1.83 bits per heavy atom. The fourth-order valence-electron chi connectivity index (χ4n) is 3.40. The summed E-state index contributed by atoms with van der Waals surface area (Å²) in [7, 11) is 0. The number of hydrogen-bond acceptors (Lipinski definition) is 5. The summed E-state index contributed by atoms with van der Waals surface area (Å²) in [5, 5.41) is 5.61. The minimum absolute atomic E-state index is 0.197. The maximum absolute atomic E-state index is 12.9. The molecule has 3 amide bonds. The van der Waals surface area contributed by atoms with Gasteiger partial charge in [0.1, 0.15) is 18.4 Å². The highest BCUT2D eigenvalue weighted by Gasteiger charge is 2.22. The van der Waals surface area contributed by atoms with Gasteiger partial charge in [0.25, 0.3) is 0 Å². The molecule has 9 heteroatoms. The van der Waals surface area contributed by atoms with E-state index in [1.54, 1.807) is 19.4 Å². The molecule has 0 saturated carbocycles. The SMILES string of the molecule is CC(C[CH]C(=O)NC(Cc1ccc(OCc2ccccc2)cc1)C(=O)NCCc1c[nH]cn1)C(N)=O. The van der Waals surface area contributed by atoms with Crippen molar-refractivity contribution >= 4 is 17.7 Å². The van der Waals surface area contributed by atoms with E-state index in [0.29, 0.717) is 25.3 Å². The molecule has 36 heavy (non-hydrogen) atoms. The zero-order chi connectivity index (χ0) is 25.8. The molecule has 189 valence electrons. The minimum atomic E-state index is -0.798. The Kier molecular flexibility index (Phi) is 10.1. The number of rotatable bonds is 14. The molecule has 0 aliphatic carbocycles. The van der Waals surface area contributed by atoms with Crippen LogP contribution in [0.1, 0.15) is 30.2 Å². The first-order valence-electron chi connectivity index (χ1n) is 11.8. The highest BCUT2D eigenvalue weighted by atomic mass is 16.5. The van der Waals surface area contributed by atoms with E-state index in [-0.39, 0.29) is 18.7 Å². The summed E-state index contributed by atoms with van der Waals surface area (Å²) >= 11 is 0. The van der Waals surface area contributed by atoms with Crippen molar-refractivity contribution in [1.29, 1.82) is 0 Å². The Morgan fingerprint density at radius 3 is 2.50 bits per heavy atom. The van der Waals surface area contributed by atoms with Crippen LogP contribution in [-0.2, 0) is 33.8 Å². The number of nitrogens with one attached hydrogen (secondary N) is 3. The van der Waals surface area contributed by atoms with Gasteiger partial charge in [0.15, 0.2) is 0 Å². The standard InChI is InChI=1S/C27H32N5O4/c1-19(26(28)34)7-12-25(33)32-24(27(35)30-14-13-22-16-29-18-31-22)15-20-8-10-23(11-9-20)36-17-21-5-3-2-4-6-21/h2-6,8-12,16,18-19,24H,7,13-15,17H2,1H3,(H2,28,34)(H,29,31)(H,30,35)(H,32,33). The zero-order valence-corrected chi connectivity index (χ0v) is 20.3. The topological polar surface area (TPSA) is 139 Å². The average Bonchev–Trinajstić information content (AvgIpc) is 3.40. The highest BCUT2D eigenvalue weighted by Crippen LogP contribution is 2.16. The molecule has 0 fully saturated rings. The maximum Gasteiger partial charge on any atom is 0.242 e. The average molecular weight is 491 g/mol. The van der Waals surface area contributed by atoms with E-state index in [1.165, 1.54) is 6.42 Å². The second-order valence-electron chi connectivity index (χ2n) is 8.53. The van der Waals surface area contributed by atoms with Crippen LogP contribution in [0.5, 0.6) is 5.75 Å². The lowest BCUT2D eigenvalue weighted by atomic mass is 10.0. The van der Waals surface area contributed by atoms with Crippen LogP contribution < -0.4 is 21.1 Å². The summed E-state index contributed by atoms with van der Waals surface area (Å²) in [4.78, 5) is 43.7. The molecule has 2 atom stereocenters. The number of nitrogens with zero attached hydrogens (tertiary/aromatic N) is 1. The van der Waals surface area contributed by atoms with Crippen molar-refractivity contribution in [2.75, 3.05) is 6.54 Å². The molecule has 1 aromatic heterocycles. The summed E-state index contributed by atoms with van der Waals surface area (Å²) in [6.45, 7) is 2.48. The van der Waals surface area contributed by atoms with Gasteiger partial charge >= 0.3 is 0 Å². The molecule has 0 saturated heterocycles. The predicted molar refractivity (Wildman–Crippen MR) is 135 cm³/mol. The number of H-pyrrole nitrogens is 1. The quantitative estimate of drug-likeness (QED) is 0.274. The molecule has 0 spiro atoms. The third kappa shape index (κ3) is 8.90. The molecular formula is C27H32N5O4. The van der Waals surface area contributed by atoms with Crippen molar-refractivity contribution in [3.8, 4) is 5.75 Å². The van der Waals surface area contributed by atoms with E-state index >= 15 is 0 Å². The number of primary amides is 1. The molecule has 2 unspecified atom stereocenters. The van der Waals surface area contributed by atoms with Crippen LogP contribution in [0.15, 0.2) is 67.1 Å².